The van der Waals surface area contributed by atoms with Gasteiger partial charge in [-0.25, -0.2) is 0 Å². The van der Waals surface area contributed by atoms with Crippen molar-refractivity contribution in [2.24, 2.45) is 5.16 Å². The molecule has 0 aromatic heterocycles. The molecule has 0 N–H and O–H groups in total. The Bertz CT molecular complexity index is 710. The summed E-state index contributed by atoms with van der Waals surface area (Å²) in [6.45, 7) is 5.39. The van der Waals surface area contributed by atoms with Gasteiger partial charge < -0.3 is 4.84 Å². The van der Waals surface area contributed by atoms with Crippen molar-refractivity contribution in [3.05, 3.63) is 71.3 Å². The number of benzene rings is 2. The minimum atomic E-state index is 0.00473. The first-order chi connectivity index (χ1) is 10.8. The van der Waals surface area contributed by atoms with Crippen molar-refractivity contribution >= 4 is 5.71 Å². The van der Waals surface area contributed by atoms with Crippen LogP contribution < -0.4 is 0 Å². The summed E-state index contributed by atoms with van der Waals surface area (Å²) in [7, 11) is 0. The van der Waals surface area contributed by atoms with E-state index in [1.807, 2.05) is 6.07 Å². The summed E-state index contributed by atoms with van der Waals surface area (Å²) >= 11 is 0. The monoisotopic (exact) mass is 292 g/mol. The van der Waals surface area contributed by atoms with E-state index in [4.69, 9.17) is 4.84 Å². The van der Waals surface area contributed by atoms with Gasteiger partial charge in [-0.3, -0.25) is 4.90 Å². The maximum Gasteiger partial charge on any atom is 0.194 e. The summed E-state index contributed by atoms with van der Waals surface area (Å²) in [6, 6.07) is 19.4. The summed E-state index contributed by atoms with van der Waals surface area (Å²) in [5, 5.41) is 4.46. The van der Waals surface area contributed by atoms with E-state index in [1.54, 1.807) is 0 Å². The lowest BCUT2D eigenvalue weighted by molar-refractivity contribution is -0.0698. The lowest BCUT2D eigenvalue weighted by Crippen LogP contribution is -2.46. The van der Waals surface area contributed by atoms with Crippen LogP contribution in [0.5, 0.6) is 0 Å². The van der Waals surface area contributed by atoms with Crippen LogP contribution in [0.15, 0.2) is 59.8 Å². The van der Waals surface area contributed by atoms with Crippen LogP contribution in [-0.4, -0.2) is 23.4 Å². The van der Waals surface area contributed by atoms with Crippen molar-refractivity contribution in [3.8, 4) is 0 Å². The van der Waals surface area contributed by atoms with E-state index in [0.29, 0.717) is 6.04 Å². The first kappa shape index (κ1) is 13.5. The fourth-order valence-electron chi connectivity index (χ4n) is 3.78. The second-order valence-electron chi connectivity index (χ2n) is 5.95. The molecular weight excluding hydrogens is 272 g/mol. The molecule has 22 heavy (non-hydrogen) atoms. The van der Waals surface area contributed by atoms with Crippen LogP contribution in [0.25, 0.3) is 0 Å². The minimum Gasteiger partial charge on any atom is -0.375 e. The molecule has 0 spiro atoms. The predicted octanol–water partition coefficient (Wildman–Crippen LogP) is 3.93. The summed E-state index contributed by atoms with van der Waals surface area (Å²) in [5.74, 6) is 0.190. The van der Waals surface area contributed by atoms with Crippen molar-refractivity contribution in [2.45, 2.75) is 32.0 Å². The molecule has 3 nitrogen and oxygen atoms in total. The van der Waals surface area contributed by atoms with Crippen LogP contribution in [0.2, 0.25) is 0 Å². The third-order valence-corrected chi connectivity index (χ3v) is 4.88. The Morgan fingerprint density at radius 2 is 1.68 bits per heavy atom. The first-order valence-electron chi connectivity index (χ1n) is 7.95. The zero-order chi connectivity index (χ0) is 15.1. The van der Waals surface area contributed by atoms with E-state index >= 15 is 0 Å². The largest absolute Gasteiger partial charge is 0.375 e. The smallest absolute Gasteiger partial charge is 0.194 e. The Labute approximate surface area is 131 Å². The number of nitrogens with zero attached hydrogens (tertiary/aromatic N) is 2. The van der Waals surface area contributed by atoms with Crippen LogP contribution in [0.3, 0.4) is 0 Å². The van der Waals surface area contributed by atoms with Gasteiger partial charge in [0.05, 0.1) is 11.6 Å². The second-order valence-corrected chi connectivity index (χ2v) is 5.95. The Morgan fingerprint density at radius 1 is 1.00 bits per heavy atom. The average molecular weight is 292 g/mol. The summed E-state index contributed by atoms with van der Waals surface area (Å²) in [4.78, 5) is 8.26. The normalized spacial score (nSPS) is 26.8. The molecule has 2 heterocycles. The van der Waals surface area contributed by atoms with Crippen molar-refractivity contribution in [3.63, 3.8) is 0 Å². The molecule has 3 atom stereocenters. The third kappa shape index (κ3) is 1.89. The van der Waals surface area contributed by atoms with Gasteiger partial charge in [-0.05, 0) is 24.6 Å². The molecule has 0 amide bonds. The van der Waals surface area contributed by atoms with E-state index in [-0.39, 0.29) is 12.1 Å². The highest BCUT2D eigenvalue weighted by Crippen LogP contribution is 2.44. The van der Waals surface area contributed by atoms with Crippen molar-refractivity contribution in [1.82, 2.24) is 4.90 Å². The average Bonchev–Trinajstić information content (AvgIpc) is 3.01. The van der Waals surface area contributed by atoms with Gasteiger partial charge >= 0.3 is 0 Å². The molecule has 0 bridgehead atoms. The van der Waals surface area contributed by atoms with Gasteiger partial charge in [0.2, 0.25) is 0 Å². The number of rotatable bonds is 2. The lowest BCUT2D eigenvalue weighted by atomic mass is 9.80. The summed E-state index contributed by atoms with van der Waals surface area (Å²) in [6.07, 6.45) is 0.00473. The molecular formula is C19H20N2O. The third-order valence-electron chi connectivity index (χ3n) is 4.88. The molecule has 3 heteroatoms. The van der Waals surface area contributed by atoms with Gasteiger partial charge in [-0.1, -0.05) is 66.7 Å². The summed E-state index contributed by atoms with van der Waals surface area (Å²) < 4.78 is 0. The number of likely N-dealkylation sites (N-methyl/N-ethyl adjacent to an activating group) is 1. The molecule has 2 aromatic carbocycles. The van der Waals surface area contributed by atoms with Crippen molar-refractivity contribution in [1.29, 1.82) is 0 Å². The molecule has 2 aliphatic heterocycles. The quantitative estimate of drug-likeness (QED) is 0.838. The van der Waals surface area contributed by atoms with Crippen molar-refractivity contribution in [2.75, 3.05) is 6.54 Å². The Balaban J connectivity index is 1.84. The van der Waals surface area contributed by atoms with Crippen molar-refractivity contribution < 1.29 is 4.84 Å². The van der Waals surface area contributed by atoms with E-state index in [1.165, 1.54) is 11.1 Å². The number of fused-ring (bicyclic) bond motifs is 3. The van der Waals surface area contributed by atoms with E-state index in [0.717, 1.165) is 17.8 Å². The number of oxime groups is 1. The second kappa shape index (κ2) is 5.25. The molecule has 0 radical (unpaired) electrons. The van der Waals surface area contributed by atoms with Gasteiger partial charge in [0.15, 0.2) is 6.23 Å². The van der Waals surface area contributed by atoms with Gasteiger partial charge in [0, 0.05) is 11.6 Å². The SMILES string of the molecule is CCN1[C@@H](C)c2ccccc2[C@@H]2C(c3ccccc3)=NO[C@@H]21. The Hall–Kier alpha value is -2.13. The maximum absolute atomic E-state index is 5.87. The van der Waals surface area contributed by atoms with Gasteiger partial charge in [0.25, 0.3) is 0 Å². The number of hydrogen-bond donors (Lipinski definition) is 0. The minimum absolute atomic E-state index is 0.00473. The molecule has 4 rings (SSSR count). The van der Waals surface area contributed by atoms with Gasteiger partial charge in [-0.15, -0.1) is 0 Å². The molecule has 112 valence electrons. The highest BCUT2D eigenvalue weighted by atomic mass is 16.7. The molecule has 0 aliphatic carbocycles. The number of hydrogen-bond acceptors (Lipinski definition) is 3. The zero-order valence-corrected chi connectivity index (χ0v) is 12.9. The van der Waals surface area contributed by atoms with Crippen LogP contribution in [-0.2, 0) is 4.84 Å². The molecule has 0 saturated carbocycles. The highest BCUT2D eigenvalue weighted by Gasteiger charge is 2.46. The van der Waals surface area contributed by atoms with E-state index in [9.17, 15) is 0 Å². The Morgan fingerprint density at radius 3 is 2.41 bits per heavy atom. The maximum atomic E-state index is 5.87. The fraction of sp³-hybridized carbons (Fsp3) is 0.316. The molecule has 2 aromatic rings. The molecule has 0 fully saturated rings. The van der Waals surface area contributed by atoms with E-state index < -0.39 is 0 Å². The highest BCUT2D eigenvalue weighted by molar-refractivity contribution is 6.06. The molecule has 0 saturated heterocycles. The van der Waals surface area contributed by atoms with Crippen LogP contribution in [0.4, 0.5) is 0 Å². The topological polar surface area (TPSA) is 24.8 Å². The summed E-state index contributed by atoms with van der Waals surface area (Å²) in [5.41, 5.74) is 4.93. The van der Waals surface area contributed by atoms with Crippen LogP contribution in [0.1, 0.15) is 42.5 Å². The predicted molar refractivity (Wildman–Crippen MR) is 87.8 cm³/mol. The first-order valence-corrected chi connectivity index (χ1v) is 7.95. The molecule has 0 unspecified atom stereocenters. The van der Waals surface area contributed by atoms with E-state index in [2.05, 4.69) is 72.4 Å². The molecule has 2 aliphatic rings. The zero-order valence-electron chi connectivity index (χ0n) is 12.9. The Kier molecular flexibility index (Phi) is 3.23. The van der Waals surface area contributed by atoms with Gasteiger partial charge in [-0.2, -0.15) is 0 Å². The van der Waals surface area contributed by atoms with Crippen LogP contribution >= 0.6 is 0 Å². The van der Waals surface area contributed by atoms with Crippen LogP contribution in [0, 0.1) is 0 Å². The lowest BCUT2D eigenvalue weighted by Gasteiger charge is -2.41. The van der Waals surface area contributed by atoms with Gasteiger partial charge in [0.1, 0.15) is 0 Å². The fourth-order valence-corrected chi connectivity index (χ4v) is 3.78. The standard InChI is InChI=1S/C19H20N2O/c1-3-21-13(2)15-11-7-8-12-16(15)17-18(20-22-19(17)21)14-9-5-4-6-10-14/h4-13,17,19H,3H2,1-2H3/t13-,17+,19-/m0/s1.